The first-order valence-electron chi connectivity index (χ1n) is 8.74. The molecule has 0 unspecified atom stereocenters. The highest BCUT2D eigenvalue weighted by atomic mass is 16.2. The summed E-state index contributed by atoms with van der Waals surface area (Å²) in [6, 6.07) is 5.54. The van der Waals surface area contributed by atoms with Gasteiger partial charge in [0.1, 0.15) is 5.52 Å². The number of benzene rings is 1. The molecule has 1 N–H and O–H groups in total. The van der Waals surface area contributed by atoms with Crippen LogP contribution in [0.25, 0.3) is 11.0 Å². The molecule has 8 heteroatoms. The Morgan fingerprint density at radius 2 is 1.92 bits per heavy atom. The number of hydrogen-bond acceptors (Lipinski definition) is 5. The summed E-state index contributed by atoms with van der Waals surface area (Å²) in [7, 11) is 0. The number of hydrogen-bond donors (Lipinski definition) is 1. The molecule has 1 aliphatic heterocycles. The van der Waals surface area contributed by atoms with E-state index in [-0.39, 0.29) is 11.8 Å². The van der Waals surface area contributed by atoms with Gasteiger partial charge >= 0.3 is 0 Å². The largest absolute Gasteiger partial charge is 0.355 e. The lowest BCUT2D eigenvalue weighted by atomic mass is 10.1. The van der Waals surface area contributed by atoms with Gasteiger partial charge in [0.25, 0.3) is 5.91 Å². The smallest absolute Gasteiger partial charge is 0.254 e. The number of carbonyl (C=O) groups excluding carboxylic acids is 2. The van der Waals surface area contributed by atoms with Gasteiger partial charge in [-0.1, -0.05) is 5.21 Å². The minimum absolute atomic E-state index is 0.00519. The molecule has 2 heterocycles. The highest BCUT2D eigenvalue weighted by molar-refractivity contribution is 5.97. The van der Waals surface area contributed by atoms with Crippen molar-refractivity contribution in [3.63, 3.8) is 0 Å². The Kier molecular flexibility index (Phi) is 5.28. The van der Waals surface area contributed by atoms with E-state index in [1.165, 1.54) is 0 Å². The maximum Gasteiger partial charge on any atom is 0.254 e. The summed E-state index contributed by atoms with van der Waals surface area (Å²) in [4.78, 5) is 28.3. The molecule has 1 aliphatic rings. The summed E-state index contributed by atoms with van der Waals surface area (Å²) in [5.41, 5.74) is 2.31. The zero-order valence-corrected chi connectivity index (χ0v) is 14.7. The van der Waals surface area contributed by atoms with Crippen molar-refractivity contribution >= 4 is 22.8 Å². The van der Waals surface area contributed by atoms with E-state index in [1.54, 1.807) is 6.07 Å². The molecule has 0 spiro atoms. The van der Waals surface area contributed by atoms with Crippen molar-refractivity contribution in [3.8, 4) is 0 Å². The summed E-state index contributed by atoms with van der Waals surface area (Å²) < 4.78 is 1.81. The number of nitrogens with one attached hydrogen (secondary N) is 1. The Labute approximate surface area is 146 Å². The van der Waals surface area contributed by atoms with Crippen molar-refractivity contribution in [2.45, 2.75) is 20.4 Å². The van der Waals surface area contributed by atoms with Crippen LogP contribution in [0.1, 0.15) is 24.2 Å². The van der Waals surface area contributed by atoms with Crippen LogP contribution in [-0.4, -0.2) is 75.9 Å². The molecule has 0 radical (unpaired) electrons. The number of aryl methyl sites for hydroxylation is 1. The molecule has 3 rings (SSSR count). The minimum Gasteiger partial charge on any atom is -0.355 e. The van der Waals surface area contributed by atoms with Crippen molar-refractivity contribution in [2.75, 3.05) is 39.3 Å². The second-order valence-electron chi connectivity index (χ2n) is 6.13. The van der Waals surface area contributed by atoms with Gasteiger partial charge in [-0.05, 0) is 32.0 Å². The van der Waals surface area contributed by atoms with E-state index in [0.29, 0.717) is 44.8 Å². The molecule has 1 aromatic heterocycles. The highest BCUT2D eigenvalue weighted by Crippen LogP contribution is 2.16. The van der Waals surface area contributed by atoms with E-state index in [9.17, 15) is 9.59 Å². The minimum atomic E-state index is 0.00519. The van der Waals surface area contributed by atoms with Gasteiger partial charge in [-0.2, -0.15) is 0 Å². The Balaban J connectivity index is 1.62. The average Bonchev–Trinajstić information content (AvgIpc) is 3.04. The van der Waals surface area contributed by atoms with Gasteiger partial charge in [0.15, 0.2) is 0 Å². The van der Waals surface area contributed by atoms with E-state index in [2.05, 4.69) is 20.5 Å². The monoisotopic (exact) mass is 344 g/mol. The molecule has 8 nitrogen and oxygen atoms in total. The van der Waals surface area contributed by atoms with Crippen molar-refractivity contribution in [1.82, 2.24) is 30.1 Å². The van der Waals surface area contributed by atoms with Crippen LogP contribution in [0.15, 0.2) is 18.2 Å². The van der Waals surface area contributed by atoms with Gasteiger partial charge in [-0.15, -0.1) is 5.10 Å². The average molecular weight is 344 g/mol. The Morgan fingerprint density at radius 3 is 2.60 bits per heavy atom. The van der Waals surface area contributed by atoms with E-state index in [0.717, 1.165) is 17.6 Å². The standard InChI is InChI=1S/C17H24N6O2/c1-3-18-16(24)12-21-7-9-22(10-8-21)17(25)13-5-6-15-14(11-13)19-20-23(15)4-2/h5-6,11H,3-4,7-10,12H2,1-2H3,(H,18,24). The predicted molar refractivity (Wildman–Crippen MR) is 94.2 cm³/mol. The Bertz CT molecular complexity index is 764. The quantitative estimate of drug-likeness (QED) is 0.846. The van der Waals surface area contributed by atoms with Gasteiger partial charge in [0.05, 0.1) is 12.1 Å². The molecule has 0 atom stereocenters. The number of nitrogens with zero attached hydrogens (tertiary/aromatic N) is 5. The summed E-state index contributed by atoms with van der Waals surface area (Å²) in [5, 5.41) is 11.0. The fourth-order valence-corrected chi connectivity index (χ4v) is 3.09. The van der Waals surface area contributed by atoms with Gasteiger partial charge in [0.2, 0.25) is 5.91 Å². The van der Waals surface area contributed by atoms with E-state index >= 15 is 0 Å². The normalized spacial score (nSPS) is 15.5. The molecule has 0 bridgehead atoms. The lowest BCUT2D eigenvalue weighted by molar-refractivity contribution is -0.122. The lowest BCUT2D eigenvalue weighted by Gasteiger charge is -2.34. The molecule has 1 saturated heterocycles. The van der Waals surface area contributed by atoms with Crippen molar-refractivity contribution in [2.24, 2.45) is 0 Å². The summed E-state index contributed by atoms with van der Waals surface area (Å²) >= 11 is 0. The Hall–Kier alpha value is -2.48. The third kappa shape index (κ3) is 3.79. The number of likely N-dealkylation sites (N-methyl/N-ethyl adjacent to an activating group) is 1. The summed E-state index contributed by atoms with van der Waals surface area (Å²) in [6.45, 7) is 8.35. The molecule has 1 fully saturated rings. The molecule has 134 valence electrons. The van der Waals surface area contributed by atoms with Crippen LogP contribution in [0.3, 0.4) is 0 Å². The van der Waals surface area contributed by atoms with Crippen molar-refractivity contribution < 1.29 is 9.59 Å². The van der Waals surface area contributed by atoms with Crippen LogP contribution >= 0.6 is 0 Å². The van der Waals surface area contributed by atoms with E-state index < -0.39 is 0 Å². The van der Waals surface area contributed by atoms with Crippen molar-refractivity contribution in [3.05, 3.63) is 23.8 Å². The van der Waals surface area contributed by atoms with Gasteiger partial charge in [-0.25, -0.2) is 4.68 Å². The molecular formula is C17H24N6O2. The van der Waals surface area contributed by atoms with E-state index in [4.69, 9.17) is 0 Å². The second-order valence-corrected chi connectivity index (χ2v) is 6.13. The fraction of sp³-hybridized carbons (Fsp3) is 0.529. The highest BCUT2D eigenvalue weighted by Gasteiger charge is 2.23. The third-order valence-electron chi connectivity index (χ3n) is 4.46. The summed E-state index contributed by atoms with van der Waals surface area (Å²) in [5.74, 6) is 0.0392. The second kappa shape index (κ2) is 7.60. The van der Waals surface area contributed by atoms with Crippen LogP contribution in [0.4, 0.5) is 0 Å². The third-order valence-corrected chi connectivity index (χ3v) is 4.46. The summed E-state index contributed by atoms with van der Waals surface area (Å²) in [6.07, 6.45) is 0. The first kappa shape index (κ1) is 17.3. The number of piperazine rings is 1. The first-order valence-corrected chi connectivity index (χ1v) is 8.74. The molecule has 1 aromatic carbocycles. The molecule has 2 amide bonds. The van der Waals surface area contributed by atoms with Crippen LogP contribution < -0.4 is 5.32 Å². The van der Waals surface area contributed by atoms with Crippen LogP contribution in [0, 0.1) is 0 Å². The topological polar surface area (TPSA) is 83.4 Å². The maximum atomic E-state index is 12.7. The van der Waals surface area contributed by atoms with E-state index in [1.807, 2.05) is 35.6 Å². The number of aromatic nitrogens is 3. The SMILES string of the molecule is CCNC(=O)CN1CCN(C(=O)c2ccc3c(c2)nnn3CC)CC1. The number of rotatable bonds is 5. The van der Waals surface area contributed by atoms with Gasteiger partial charge in [0, 0.05) is 44.8 Å². The maximum absolute atomic E-state index is 12.7. The molecule has 2 aromatic rings. The fourth-order valence-electron chi connectivity index (χ4n) is 3.09. The van der Waals surface area contributed by atoms with Crippen molar-refractivity contribution in [1.29, 1.82) is 0 Å². The number of fused-ring (bicyclic) bond motifs is 1. The number of carbonyl (C=O) groups is 2. The molecule has 25 heavy (non-hydrogen) atoms. The zero-order valence-electron chi connectivity index (χ0n) is 14.7. The van der Waals surface area contributed by atoms with Gasteiger partial charge < -0.3 is 10.2 Å². The number of amides is 2. The lowest BCUT2D eigenvalue weighted by Crippen LogP contribution is -2.51. The zero-order chi connectivity index (χ0) is 17.8. The van der Waals surface area contributed by atoms with Crippen LogP contribution in [0.5, 0.6) is 0 Å². The van der Waals surface area contributed by atoms with Gasteiger partial charge in [-0.3, -0.25) is 14.5 Å². The Morgan fingerprint density at radius 1 is 1.16 bits per heavy atom. The molecule has 0 saturated carbocycles. The molecule has 0 aliphatic carbocycles. The molecular weight excluding hydrogens is 320 g/mol. The van der Waals surface area contributed by atoms with Crippen LogP contribution in [0.2, 0.25) is 0 Å². The van der Waals surface area contributed by atoms with Crippen LogP contribution in [-0.2, 0) is 11.3 Å². The first-order chi connectivity index (χ1) is 12.1. The predicted octanol–water partition coefficient (Wildman–Crippen LogP) is 0.345.